The number of para-hydroxylation sites is 1. The molecule has 0 fully saturated rings. The summed E-state index contributed by atoms with van der Waals surface area (Å²) in [6.07, 6.45) is 3.69. The van der Waals surface area contributed by atoms with Gasteiger partial charge in [-0.3, -0.25) is 4.98 Å². The number of aromatic amines is 1. The molecule has 0 bridgehead atoms. The minimum atomic E-state index is 1.18. The first-order valence-electron chi connectivity index (χ1n) is 9.81. The molecular formula is C27H18N2. The molecule has 0 spiro atoms. The average Bonchev–Trinajstić information content (AvgIpc) is 3.18. The smallest absolute Gasteiger partial charge is 0.0471 e. The largest absolute Gasteiger partial charge is 0.354 e. The number of benzene rings is 4. The number of nitrogens with zero attached hydrogens (tertiary/aromatic N) is 1. The molecule has 1 N–H and O–H groups in total. The van der Waals surface area contributed by atoms with Gasteiger partial charge in [-0.1, -0.05) is 60.7 Å². The number of rotatable bonds is 2. The molecule has 29 heavy (non-hydrogen) atoms. The molecule has 6 aromatic rings. The zero-order valence-electron chi connectivity index (χ0n) is 15.8. The SMILES string of the molecule is c1cc(-c2ccncc2)cc(-c2cccc3ccc4[nH]c5ccccc5c4c23)c1. The molecule has 6 rings (SSSR count). The number of pyridine rings is 1. The minimum absolute atomic E-state index is 1.18. The average molecular weight is 370 g/mol. The highest BCUT2D eigenvalue weighted by Gasteiger charge is 2.12. The van der Waals surface area contributed by atoms with Gasteiger partial charge in [0.15, 0.2) is 0 Å². The maximum absolute atomic E-state index is 4.15. The Morgan fingerprint density at radius 3 is 2.31 bits per heavy atom. The summed E-state index contributed by atoms with van der Waals surface area (Å²) in [7, 11) is 0. The summed E-state index contributed by atoms with van der Waals surface area (Å²) in [4.78, 5) is 7.73. The Labute approximate surface area is 168 Å². The van der Waals surface area contributed by atoms with E-state index < -0.39 is 0 Å². The van der Waals surface area contributed by atoms with Crippen LogP contribution in [0.1, 0.15) is 0 Å². The highest BCUT2D eigenvalue weighted by Crippen LogP contribution is 2.38. The van der Waals surface area contributed by atoms with Crippen molar-refractivity contribution in [2.45, 2.75) is 0 Å². The first-order valence-corrected chi connectivity index (χ1v) is 9.81. The van der Waals surface area contributed by atoms with Crippen molar-refractivity contribution in [1.29, 1.82) is 0 Å². The van der Waals surface area contributed by atoms with E-state index in [4.69, 9.17) is 0 Å². The fraction of sp³-hybridized carbons (Fsp3) is 0. The van der Waals surface area contributed by atoms with Gasteiger partial charge in [0.25, 0.3) is 0 Å². The molecule has 0 saturated heterocycles. The lowest BCUT2D eigenvalue weighted by Crippen LogP contribution is -1.85. The highest BCUT2D eigenvalue weighted by molar-refractivity contribution is 6.23. The van der Waals surface area contributed by atoms with Gasteiger partial charge < -0.3 is 4.98 Å². The number of nitrogens with one attached hydrogen (secondary N) is 1. The topological polar surface area (TPSA) is 28.7 Å². The van der Waals surface area contributed by atoms with E-state index in [1.807, 2.05) is 12.4 Å². The van der Waals surface area contributed by atoms with Crippen molar-refractivity contribution >= 4 is 32.6 Å². The van der Waals surface area contributed by atoms with E-state index in [1.165, 1.54) is 54.8 Å². The van der Waals surface area contributed by atoms with Crippen LogP contribution in [-0.2, 0) is 0 Å². The maximum Gasteiger partial charge on any atom is 0.0471 e. The molecule has 4 aromatic carbocycles. The van der Waals surface area contributed by atoms with Crippen molar-refractivity contribution in [3.05, 3.63) is 103 Å². The molecule has 0 saturated carbocycles. The van der Waals surface area contributed by atoms with E-state index >= 15 is 0 Å². The van der Waals surface area contributed by atoms with Gasteiger partial charge in [-0.15, -0.1) is 0 Å². The van der Waals surface area contributed by atoms with Crippen LogP contribution in [0.3, 0.4) is 0 Å². The van der Waals surface area contributed by atoms with Gasteiger partial charge in [0.1, 0.15) is 0 Å². The summed E-state index contributed by atoms with van der Waals surface area (Å²) in [5.41, 5.74) is 7.22. The summed E-state index contributed by atoms with van der Waals surface area (Å²) >= 11 is 0. The lowest BCUT2D eigenvalue weighted by molar-refractivity contribution is 1.33. The van der Waals surface area contributed by atoms with Crippen LogP contribution in [-0.4, -0.2) is 9.97 Å². The van der Waals surface area contributed by atoms with Crippen molar-refractivity contribution in [2.24, 2.45) is 0 Å². The number of H-pyrrole nitrogens is 1. The zero-order chi connectivity index (χ0) is 19.2. The molecule has 0 aliphatic heterocycles. The third kappa shape index (κ3) is 2.54. The van der Waals surface area contributed by atoms with E-state index in [0.29, 0.717) is 0 Å². The quantitative estimate of drug-likeness (QED) is 0.343. The van der Waals surface area contributed by atoms with E-state index in [1.54, 1.807) is 0 Å². The molecule has 2 aromatic heterocycles. The van der Waals surface area contributed by atoms with Crippen molar-refractivity contribution in [3.8, 4) is 22.3 Å². The summed E-state index contributed by atoms with van der Waals surface area (Å²) in [5, 5.41) is 5.12. The predicted molar refractivity (Wildman–Crippen MR) is 122 cm³/mol. The Morgan fingerprint density at radius 2 is 1.38 bits per heavy atom. The molecule has 2 heteroatoms. The molecule has 0 aliphatic rings. The second kappa shape index (κ2) is 6.32. The molecular weight excluding hydrogens is 352 g/mol. The molecule has 2 heterocycles. The standard InChI is InChI=1S/C27H18N2/c1-2-10-24-23(8-1)27-25(29-24)12-11-19-5-4-9-22(26(19)27)21-7-3-6-20(17-21)18-13-15-28-16-14-18/h1-17,29H. The Balaban J connectivity index is 1.69. The summed E-state index contributed by atoms with van der Waals surface area (Å²) < 4.78 is 0. The molecule has 0 atom stereocenters. The predicted octanol–water partition coefficient (Wildman–Crippen LogP) is 7.20. The van der Waals surface area contributed by atoms with Crippen molar-refractivity contribution in [1.82, 2.24) is 9.97 Å². The van der Waals surface area contributed by atoms with Crippen LogP contribution in [0.4, 0.5) is 0 Å². The molecule has 136 valence electrons. The molecule has 0 unspecified atom stereocenters. The Hall–Kier alpha value is -3.91. The number of hydrogen-bond acceptors (Lipinski definition) is 1. The Bertz CT molecular complexity index is 1490. The van der Waals surface area contributed by atoms with Gasteiger partial charge in [0.2, 0.25) is 0 Å². The summed E-state index contributed by atoms with van der Waals surface area (Å²) in [6.45, 7) is 0. The minimum Gasteiger partial charge on any atom is -0.354 e. The van der Waals surface area contributed by atoms with Gasteiger partial charge in [0, 0.05) is 34.2 Å². The second-order valence-corrected chi connectivity index (χ2v) is 7.38. The lowest BCUT2D eigenvalue weighted by Gasteiger charge is -2.11. The van der Waals surface area contributed by atoms with Crippen molar-refractivity contribution in [2.75, 3.05) is 0 Å². The normalized spacial score (nSPS) is 11.4. The third-order valence-electron chi connectivity index (χ3n) is 5.70. The number of aromatic nitrogens is 2. The lowest BCUT2D eigenvalue weighted by atomic mass is 9.93. The molecule has 2 nitrogen and oxygen atoms in total. The molecule has 0 radical (unpaired) electrons. The maximum atomic E-state index is 4.15. The highest BCUT2D eigenvalue weighted by atomic mass is 14.7. The van der Waals surface area contributed by atoms with Crippen LogP contribution < -0.4 is 0 Å². The van der Waals surface area contributed by atoms with Crippen LogP contribution in [0.2, 0.25) is 0 Å². The fourth-order valence-electron chi connectivity index (χ4n) is 4.37. The van der Waals surface area contributed by atoms with E-state index in [9.17, 15) is 0 Å². The zero-order valence-corrected chi connectivity index (χ0v) is 15.8. The van der Waals surface area contributed by atoms with Gasteiger partial charge in [-0.05, 0) is 63.4 Å². The van der Waals surface area contributed by atoms with Crippen LogP contribution in [0, 0.1) is 0 Å². The monoisotopic (exact) mass is 370 g/mol. The Morgan fingerprint density at radius 1 is 0.552 bits per heavy atom. The van der Waals surface area contributed by atoms with Gasteiger partial charge in [-0.25, -0.2) is 0 Å². The third-order valence-corrected chi connectivity index (χ3v) is 5.70. The van der Waals surface area contributed by atoms with Gasteiger partial charge in [0.05, 0.1) is 0 Å². The van der Waals surface area contributed by atoms with Crippen LogP contribution in [0.15, 0.2) is 103 Å². The van der Waals surface area contributed by atoms with E-state index in [0.717, 1.165) is 0 Å². The number of hydrogen-bond donors (Lipinski definition) is 1. The van der Waals surface area contributed by atoms with Crippen LogP contribution in [0.5, 0.6) is 0 Å². The fourth-order valence-corrected chi connectivity index (χ4v) is 4.37. The van der Waals surface area contributed by atoms with Crippen LogP contribution >= 0.6 is 0 Å². The first kappa shape index (κ1) is 16.1. The van der Waals surface area contributed by atoms with Gasteiger partial charge in [-0.2, -0.15) is 0 Å². The van der Waals surface area contributed by atoms with Crippen molar-refractivity contribution in [3.63, 3.8) is 0 Å². The molecule has 0 aliphatic carbocycles. The first-order chi connectivity index (χ1) is 14.4. The van der Waals surface area contributed by atoms with Crippen LogP contribution in [0.25, 0.3) is 54.8 Å². The molecule has 0 amide bonds. The Kier molecular flexibility index (Phi) is 3.50. The van der Waals surface area contributed by atoms with Crippen molar-refractivity contribution < 1.29 is 0 Å². The van der Waals surface area contributed by atoms with E-state index in [-0.39, 0.29) is 0 Å². The second-order valence-electron chi connectivity index (χ2n) is 7.38. The van der Waals surface area contributed by atoms with E-state index in [2.05, 4.69) is 101 Å². The summed E-state index contributed by atoms with van der Waals surface area (Å²) in [5.74, 6) is 0. The number of fused-ring (bicyclic) bond motifs is 5. The van der Waals surface area contributed by atoms with Gasteiger partial charge >= 0.3 is 0 Å². The summed E-state index contributed by atoms with van der Waals surface area (Å²) in [6, 6.07) is 32.4.